The van der Waals surface area contributed by atoms with Crippen molar-refractivity contribution in [3.63, 3.8) is 0 Å². The van der Waals surface area contributed by atoms with Gasteiger partial charge < -0.3 is 24.1 Å². The third-order valence-corrected chi connectivity index (χ3v) is 5.78. The molecule has 0 radical (unpaired) electrons. The molecule has 0 spiro atoms. The third kappa shape index (κ3) is 3.47. The third-order valence-electron chi connectivity index (χ3n) is 5.78. The number of amides is 1. The van der Waals surface area contributed by atoms with Gasteiger partial charge in [-0.3, -0.25) is 9.78 Å². The van der Waals surface area contributed by atoms with Crippen molar-refractivity contribution in [2.75, 3.05) is 38.9 Å². The molecule has 0 saturated carbocycles. The Morgan fingerprint density at radius 2 is 2.17 bits per heavy atom. The number of hydrogen-bond donors (Lipinski definition) is 1. The smallest absolute Gasteiger partial charge is 0.212 e. The topological polar surface area (TPSA) is 87.5 Å². The zero-order valence-corrected chi connectivity index (χ0v) is 16.8. The van der Waals surface area contributed by atoms with E-state index in [-0.39, 0.29) is 6.04 Å². The lowest BCUT2D eigenvalue weighted by Crippen LogP contribution is -2.30. The lowest BCUT2D eigenvalue weighted by molar-refractivity contribution is -0.105. The average Bonchev–Trinajstić information content (AvgIpc) is 3.36. The first-order chi connectivity index (χ1) is 14.8. The number of nitrogens with zero attached hydrogens (tertiary/aromatic N) is 3. The number of anilines is 1. The number of carbonyl (C=O) groups is 1. The van der Waals surface area contributed by atoms with E-state index in [0.29, 0.717) is 44.6 Å². The van der Waals surface area contributed by atoms with Crippen LogP contribution in [0.2, 0.25) is 0 Å². The molecule has 5 heterocycles. The van der Waals surface area contributed by atoms with Gasteiger partial charge in [0.25, 0.3) is 0 Å². The first-order valence-corrected chi connectivity index (χ1v) is 10.1. The zero-order valence-electron chi connectivity index (χ0n) is 16.8. The Hall–Kier alpha value is -2.81. The lowest BCUT2D eigenvalue weighted by atomic mass is 10.0. The maximum Gasteiger partial charge on any atom is 0.212 e. The van der Waals surface area contributed by atoms with Crippen LogP contribution in [0.5, 0.6) is 0 Å². The van der Waals surface area contributed by atoms with Gasteiger partial charge in [-0.25, -0.2) is 4.98 Å². The summed E-state index contributed by atoms with van der Waals surface area (Å²) < 4.78 is 18.6. The molecule has 1 N–H and O–H groups in total. The van der Waals surface area contributed by atoms with Crippen LogP contribution in [0.4, 0.5) is 5.82 Å². The number of fused-ring (bicyclic) bond motifs is 1. The van der Waals surface area contributed by atoms with Crippen molar-refractivity contribution >= 4 is 23.1 Å². The van der Waals surface area contributed by atoms with Gasteiger partial charge in [0, 0.05) is 42.5 Å². The molecule has 1 atom stereocenters. The van der Waals surface area contributed by atoms with Crippen LogP contribution < -0.4 is 5.32 Å². The van der Waals surface area contributed by atoms with Crippen LogP contribution in [-0.2, 0) is 25.6 Å². The van der Waals surface area contributed by atoms with Gasteiger partial charge in [0.15, 0.2) is 0 Å². The molecule has 3 aromatic heterocycles. The zero-order chi connectivity index (χ0) is 20.5. The van der Waals surface area contributed by atoms with Crippen LogP contribution in [0.3, 0.4) is 0 Å². The Morgan fingerprint density at radius 1 is 1.27 bits per heavy atom. The van der Waals surface area contributed by atoms with E-state index in [1.807, 2.05) is 6.07 Å². The Bertz CT molecular complexity index is 1070. The Balaban J connectivity index is 1.67. The molecule has 2 saturated heterocycles. The Labute approximate surface area is 174 Å². The number of aromatic nitrogens is 3. The molecule has 0 bridgehead atoms. The summed E-state index contributed by atoms with van der Waals surface area (Å²) in [5.41, 5.74) is 5.01. The molecule has 30 heavy (non-hydrogen) atoms. The van der Waals surface area contributed by atoms with Crippen LogP contribution in [0, 0.1) is 0 Å². The predicted molar refractivity (Wildman–Crippen MR) is 111 cm³/mol. The summed E-state index contributed by atoms with van der Waals surface area (Å²) in [5, 5.41) is 3.65. The number of hydrogen-bond acceptors (Lipinski definition) is 6. The summed E-state index contributed by atoms with van der Waals surface area (Å²) in [4.78, 5) is 20.3. The highest BCUT2D eigenvalue weighted by Crippen LogP contribution is 2.36. The summed E-state index contributed by atoms with van der Waals surface area (Å²) in [6, 6.07) is 6.37. The second-order valence-corrected chi connectivity index (χ2v) is 7.77. The van der Waals surface area contributed by atoms with Gasteiger partial charge in [0.1, 0.15) is 5.82 Å². The SMILES string of the molecule is COCc1cc(-c2cn(C3COC3)c3cnc(NC=O)cc23)nc(C2CCOC2)c1. The maximum atomic E-state index is 10.9. The van der Waals surface area contributed by atoms with Crippen molar-refractivity contribution in [1.82, 2.24) is 14.5 Å². The molecule has 1 amide bonds. The maximum absolute atomic E-state index is 10.9. The molecular formula is C22H24N4O4. The fraction of sp³-hybridized carbons (Fsp3) is 0.409. The minimum atomic E-state index is 0.276. The van der Waals surface area contributed by atoms with Gasteiger partial charge in [-0.1, -0.05) is 0 Å². The fourth-order valence-corrected chi connectivity index (χ4v) is 4.15. The number of methoxy groups -OCH3 is 1. The molecule has 5 rings (SSSR count). The van der Waals surface area contributed by atoms with Crippen LogP contribution in [-0.4, -0.2) is 54.5 Å². The fourth-order valence-electron chi connectivity index (χ4n) is 4.15. The first kappa shape index (κ1) is 19.2. The lowest BCUT2D eigenvalue weighted by Gasteiger charge is -2.28. The minimum absolute atomic E-state index is 0.276. The number of carbonyl (C=O) groups excluding carboxylic acids is 1. The number of nitrogens with one attached hydrogen (secondary N) is 1. The molecule has 3 aromatic rings. The van der Waals surface area contributed by atoms with Gasteiger partial charge in [0.2, 0.25) is 6.41 Å². The molecule has 8 nitrogen and oxygen atoms in total. The van der Waals surface area contributed by atoms with E-state index in [1.54, 1.807) is 13.3 Å². The van der Waals surface area contributed by atoms with Crippen molar-refractivity contribution in [2.45, 2.75) is 25.0 Å². The minimum Gasteiger partial charge on any atom is -0.381 e. The van der Waals surface area contributed by atoms with Crippen molar-refractivity contribution in [3.05, 3.63) is 41.9 Å². The molecule has 8 heteroatoms. The van der Waals surface area contributed by atoms with Crippen LogP contribution in [0.25, 0.3) is 22.2 Å². The summed E-state index contributed by atoms with van der Waals surface area (Å²) in [5.74, 6) is 0.807. The van der Waals surface area contributed by atoms with Crippen molar-refractivity contribution in [1.29, 1.82) is 0 Å². The monoisotopic (exact) mass is 408 g/mol. The van der Waals surface area contributed by atoms with Gasteiger partial charge in [-0.15, -0.1) is 0 Å². The highest BCUT2D eigenvalue weighted by Gasteiger charge is 2.25. The van der Waals surface area contributed by atoms with E-state index in [0.717, 1.165) is 46.4 Å². The first-order valence-electron chi connectivity index (χ1n) is 10.1. The molecule has 2 aliphatic rings. The average molecular weight is 408 g/mol. The van der Waals surface area contributed by atoms with Crippen molar-refractivity contribution < 1.29 is 19.0 Å². The molecule has 0 aromatic carbocycles. The van der Waals surface area contributed by atoms with E-state index >= 15 is 0 Å². The largest absolute Gasteiger partial charge is 0.381 e. The summed E-state index contributed by atoms with van der Waals surface area (Å²) in [7, 11) is 1.70. The molecular weight excluding hydrogens is 384 g/mol. The predicted octanol–water partition coefficient (Wildman–Crippen LogP) is 2.89. The quantitative estimate of drug-likeness (QED) is 0.605. The summed E-state index contributed by atoms with van der Waals surface area (Å²) in [6.45, 7) is 3.34. The summed E-state index contributed by atoms with van der Waals surface area (Å²) in [6.07, 6.45) is 5.54. The number of pyridine rings is 2. The van der Waals surface area contributed by atoms with Crippen molar-refractivity contribution in [3.8, 4) is 11.3 Å². The van der Waals surface area contributed by atoms with E-state index in [4.69, 9.17) is 19.2 Å². The standard InChI is InChI=1S/C22H24N4O4/c1-28-9-14-4-19(15-2-3-29-10-15)25-20(5-14)18-8-26(16-11-30-12-16)21-7-23-22(24-13-27)6-17(18)21/h4-8,13,15-16H,2-3,9-12H2,1H3,(H,23,24,27). The highest BCUT2D eigenvalue weighted by molar-refractivity contribution is 5.97. The van der Waals surface area contributed by atoms with Crippen molar-refractivity contribution in [2.24, 2.45) is 0 Å². The van der Waals surface area contributed by atoms with Crippen LogP contribution in [0.1, 0.15) is 29.6 Å². The Morgan fingerprint density at radius 3 is 2.87 bits per heavy atom. The van der Waals surface area contributed by atoms with Crippen LogP contribution in [0.15, 0.2) is 30.6 Å². The van der Waals surface area contributed by atoms with E-state index in [9.17, 15) is 4.79 Å². The molecule has 2 aliphatic heterocycles. The van der Waals surface area contributed by atoms with Gasteiger partial charge in [-0.05, 0) is 30.2 Å². The van der Waals surface area contributed by atoms with Gasteiger partial charge >= 0.3 is 0 Å². The second-order valence-electron chi connectivity index (χ2n) is 7.77. The van der Waals surface area contributed by atoms with E-state index < -0.39 is 0 Å². The van der Waals surface area contributed by atoms with Gasteiger partial charge in [0.05, 0.1) is 49.9 Å². The van der Waals surface area contributed by atoms with Crippen LogP contribution >= 0.6 is 0 Å². The van der Waals surface area contributed by atoms with E-state index in [1.165, 1.54) is 0 Å². The normalized spacial score (nSPS) is 19.2. The Kier molecular flexibility index (Phi) is 5.20. The summed E-state index contributed by atoms with van der Waals surface area (Å²) >= 11 is 0. The number of rotatable bonds is 7. The van der Waals surface area contributed by atoms with E-state index in [2.05, 4.69) is 33.2 Å². The van der Waals surface area contributed by atoms with Gasteiger partial charge in [-0.2, -0.15) is 0 Å². The molecule has 2 fully saturated rings. The molecule has 156 valence electrons. The second kappa shape index (κ2) is 8.14. The molecule has 1 unspecified atom stereocenters. The molecule has 0 aliphatic carbocycles. The number of ether oxygens (including phenoxy) is 3. The highest BCUT2D eigenvalue weighted by atomic mass is 16.5.